The Hall–Kier alpha value is -1.85. The van der Waals surface area contributed by atoms with Gasteiger partial charge in [0, 0.05) is 5.02 Å². The molecule has 0 saturated carbocycles. The number of rotatable bonds is 3. The van der Waals surface area contributed by atoms with E-state index in [-0.39, 0.29) is 30.2 Å². The predicted molar refractivity (Wildman–Crippen MR) is 87.2 cm³/mol. The quantitative estimate of drug-likeness (QED) is 0.671. The maximum Gasteiger partial charge on any atom is 0.244 e. The van der Waals surface area contributed by atoms with Crippen molar-refractivity contribution in [2.45, 2.75) is 12.8 Å². The highest BCUT2D eigenvalue weighted by atomic mass is 35.5. The van der Waals surface area contributed by atoms with E-state index in [0.717, 1.165) is 4.90 Å². The Balaban J connectivity index is 1.70. The molecule has 3 rings (SSSR count). The summed E-state index contributed by atoms with van der Waals surface area (Å²) in [6.07, 6.45) is 4.91. The van der Waals surface area contributed by atoms with Gasteiger partial charge in [-0.2, -0.15) is 0 Å². The van der Waals surface area contributed by atoms with Gasteiger partial charge in [0.15, 0.2) is 0 Å². The Kier molecular flexibility index (Phi) is 4.41. The van der Waals surface area contributed by atoms with Crippen molar-refractivity contribution >= 4 is 46.6 Å². The SMILES string of the molecule is O=C(CN1C(=O)[C@H]2CC=CC[C@H]2C1=O)Nc1cc(Cl)ccc1Cl. The number of nitrogens with one attached hydrogen (secondary N) is 1. The molecule has 5 nitrogen and oxygen atoms in total. The van der Waals surface area contributed by atoms with Crippen LogP contribution in [-0.4, -0.2) is 29.2 Å². The maximum absolute atomic E-state index is 12.3. The summed E-state index contributed by atoms with van der Waals surface area (Å²) >= 11 is 11.8. The van der Waals surface area contributed by atoms with Crippen molar-refractivity contribution in [2.75, 3.05) is 11.9 Å². The van der Waals surface area contributed by atoms with Crippen LogP contribution in [-0.2, 0) is 14.4 Å². The van der Waals surface area contributed by atoms with Gasteiger partial charge in [0.25, 0.3) is 0 Å². The number of carbonyl (C=O) groups is 3. The van der Waals surface area contributed by atoms with Crippen molar-refractivity contribution in [1.29, 1.82) is 0 Å². The van der Waals surface area contributed by atoms with E-state index in [2.05, 4.69) is 5.32 Å². The minimum Gasteiger partial charge on any atom is -0.323 e. The molecule has 7 heteroatoms. The molecule has 0 bridgehead atoms. The normalized spacial score (nSPS) is 23.1. The molecule has 1 heterocycles. The van der Waals surface area contributed by atoms with Crippen molar-refractivity contribution in [3.63, 3.8) is 0 Å². The number of hydrogen-bond donors (Lipinski definition) is 1. The molecular weight excluding hydrogens is 339 g/mol. The van der Waals surface area contributed by atoms with Crippen LogP contribution < -0.4 is 5.32 Å². The van der Waals surface area contributed by atoms with Crippen LogP contribution in [0.3, 0.4) is 0 Å². The third kappa shape index (κ3) is 3.12. The van der Waals surface area contributed by atoms with Gasteiger partial charge in [0.2, 0.25) is 17.7 Å². The summed E-state index contributed by atoms with van der Waals surface area (Å²) in [6, 6.07) is 4.68. The fourth-order valence-corrected chi connectivity index (χ4v) is 3.29. The topological polar surface area (TPSA) is 66.5 Å². The molecule has 120 valence electrons. The van der Waals surface area contributed by atoms with Crippen molar-refractivity contribution < 1.29 is 14.4 Å². The molecule has 23 heavy (non-hydrogen) atoms. The summed E-state index contributed by atoms with van der Waals surface area (Å²) in [7, 11) is 0. The highest BCUT2D eigenvalue weighted by Crippen LogP contribution is 2.35. The van der Waals surface area contributed by atoms with Gasteiger partial charge in [-0.3, -0.25) is 19.3 Å². The van der Waals surface area contributed by atoms with Gasteiger partial charge in [-0.05, 0) is 31.0 Å². The van der Waals surface area contributed by atoms with Crippen LogP contribution >= 0.6 is 23.2 Å². The largest absolute Gasteiger partial charge is 0.323 e. The number of amides is 3. The number of benzene rings is 1. The van der Waals surface area contributed by atoms with E-state index in [9.17, 15) is 14.4 Å². The molecule has 1 aromatic carbocycles. The lowest BCUT2D eigenvalue weighted by Crippen LogP contribution is -2.38. The highest BCUT2D eigenvalue weighted by Gasteiger charge is 2.47. The lowest BCUT2D eigenvalue weighted by molar-refractivity contribution is -0.142. The molecule has 1 aromatic rings. The van der Waals surface area contributed by atoms with Crippen LogP contribution in [0.15, 0.2) is 30.4 Å². The minimum absolute atomic E-state index is 0.281. The zero-order chi connectivity index (χ0) is 16.6. The summed E-state index contributed by atoms with van der Waals surface area (Å²) < 4.78 is 0. The molecule has 1 aliphatic heterocycles. The first-order chi connectivity index (χ1) is 11.0. The Labute approximate surface area is 143 Å². The number of anilines is 1. The van der Waals surface area contributed by atoms with Crippen LogP contribution in [0.5, 0.6) is 0 Å². The Morgan fingerprint density at radius 3 is 2.35 bits per heavy atom. The van der Waals surface area contributed by atoms with Crippen LogP contribution in [0.4, 0.5) is 5.69 Å². The van der Waals surface area contributed by atoms with Crippen molar-refractivity contribution in [1.82, 2.24) is 4.90 Å². The minimum atomic E-state index is -0.484. The average molecular weight is 353 g/mol. The van der Waals surface area contributed by atoms with E-state index >= 15 is 0 Å². The average Bonchev–Trinajstić information content (AvgIpc) is 2.76. The van der Waals surface area contributed by atoms with Crippen LogP contribution in [0.1, 0.15) is 12.8 Å². The van der Waals surface area contributed by atoms with E-state index in [0.29, 0.717) is 28.6 Å². The van der Waals surface area contributed by atoms with E-state index in [1.807, 2.05) is 12.2 Å². The summed E-state index contributed by atoms with van der Waals surface area (Å²) in [5.74, 6) is -1.72. The number of imide groups is 1. The summed E-state index contributed by atoms with van der Waals surface area (Å²) in [5.41, 5.74) is 0.349. The van der Waals surface area contributed by atoms with Gasteiger partial charge in [0.05, 0.1) is 22.5 Å². The first-order valence-corrected chi connectivity index (χ1v) is 7.98. The fraction of sp³-hybridized carbons (Fsp3) is 0.312. The number of fused-ring (bicyclic) bond motifs is 1. The molecule has 3 amide bonds. The number of halogens is 2. The molecule has 0 aromatic heterocycles. The predicted octanol–water partition coefficient (Wildman–Crippen LogP) is 2.88. The second kappa shape index (κ2) is 6.34. The highest BCUT2D eigenvalue weighted by molar-refractivity contribution is 6.35. The first kappa shape index (κ1) is 16.0. The molecule has 1 fully saturated rings. The lowest BCUT2D eigenvalue weighted by atomic mass is 9.85. The third-order valence-electron chi connectivity index (χ3n) is 4.10. The standard InChI is InChI=1S/C16H14Cl2N2O3/c17-9-5-6-12(18)13(7-9)19-14(21)8-20-15(22)10-3-1-2-4-11(10)16(20)23/h1-2,5-7,10-11H,3-4,8H2,(H,19,21)/t10-,11+. The summed E-state index contributed by atoms with van der Waals surface area (Å²) in [4.78, 5) is 37.8. The van der Waals surface area contributed by atoms with Crippen LogP contribution in [0.25, 0.3) is 0 Å². The number of likely N-dealkylation sites (tertiary alicyclic amines) is 1. The second-order valence-corrected chi connectivity index (χ2v) is 6.43. The van der Waals surface area contributed by atoms with Crippen LogP contribution in [0.2, 0.25) is 10.0 Å². The third-order valence-corrected chi connectivity index (χ3v) is 4.67. The Morgan fingerprint density at radius 1 is 1.13 bits per heavy atom. The molecule has 0 spiro atoms. The zero-order valence-electron chi connectivity index (χ0n) is 12.1. The smallest absolute Gasteiger partial charge is 0.244 e. The van der Waals surface area contributed by atoms with Gasteiger partial charge in [-0.25, -0.2) is 0 Å². The molecular formula is C16H14Cl2N2O3. The lowest BCUT2D eigenvalue weighted by Gasteiger charge is -2.15. The molecule has 0 unspecified atom stereocenters. The monoisotopic (exact) mass is 352 g/mol. The van der Waals surface area contributed by atoms with Gasteiger partial charge >= 0.3 is 0 Å². The van der Waals surface area contributed by atoms with Gasteiger partial charge in [0.1, 0.15) is 6.54 Å². The maximum atomic E-state index is 12.3. The van der Waals surface area contributed by atoms with E-state index in [4.69, 9.17) is 23.2 Å². The van der Waals surface area contributed by atoms with Gasteiger partial charge in [-0.15, -0.1) is 0 Å². The van der Waals surface area contributed by atoms with Crippen molar-refractivity contribution in [3.05, 3.63) is 40.4 Å². The van der Waals surface area contributed by atoms with Gasteiger partial charge in [-0.1, -0.05) is 35.4 Å². The number of nitrogens with zero attached hydrogens (tertiary/aromatic N) is 1. The van der Waals surface area contributed by atoms with E-state index < -0.39 is 5.91 Å². The molecule has 1 N–H and O–H groups in total. The Bertz CT molecular complexity index is 691. The second-order valence-electron chi connectivity index (χ2n) is 5.59. The number of allylic oxidation sites excluding steroid dienone is 2. The molecule has 0 radical (unpaired) electrons. The number of hydrogen-bond acceptors (Lipinski definition) is 3. The van der Waals surface area contributed by atoms with Gasteiger partial charge < -0.3 is 5.32 Å². The summed E-state index contributed by atoms with van der Waals surface area (Å²) in [6.45, 7) is -0.312. The first-order valence-electron chi connectivity index (χ1n) is 7.22. The molecule has 2 aliphatic rings. The molecule has 1 saturated heterocycles. The van der Waals surface area contributed by atoms with Crippen LogP contribution in [0, 0.1) is 11.8 Å². The molecule has 1 aliphatic carbocycles. The van der Waals surface area contributed by atoms with E-state index in [1.54, 1.807) is 12.1 Å². The van der Waals surface area contributed by atoms with Crippen molar-refractivity contribution in [3.8, 4) is 0 Å². The van der Waals surface area contributed by atoms with E-state index in [1.165, 1.54) is 6.07 Å². The number of carbonyl (C=O) groups excluding carboxylic acids is 3. The zero-order valence-corrected chi connectivity index (χ0v) is 13.6. The Morgan fingerprint density at radius 2 is 1.74 bits per heavy atom. The molecule has 2 atom stereocenters. The fourth-order valence-electron chi connectivity index (χ4n) is 2.95. The van der Waals surface area contributed by atoms with Crippen molar-refractivity contribution in [2.24, 2.45) is 11.8 Å². The summed E-state index contributed by atoms with van der Waals surface area (Å²) in [5, 5.41) is 3.34.